The molecule has 0 spiro atoms. The largest absolute Gasteiger partial charge is 0.469 e. The molecule has 0 aromatic rings. The summed E-state index contributed by atoms with van der Waals surface area (Å²) in [6, 6.07) is 6.83. The Kier molecular flexibility index (Phi) is 14.1. The summed E-state index contributed by atoms with van der Waals surface area (Å²) < 4.78 is 17.9. The van der Waals surface area contributed by atoms with Crippen molar-refractivity contribution in [3.05, 3.63) is 0 Å². The molecule has 0 heterocycles. The maximum absolute atomic E-state index is 11.2. The highest BCUT2D eigenvalue weighted by atomic mass is 28.4. The van der Waals surface area contributed by atoms with Crippen LogP contribution < -0.4 is 0 Å². The molecular weight excluding hydrogens is 372 g/mol. The topological polar surface area (TPSA) is 44.8 Å². The van der Waals surface area contributed by atoms with Gasteiger partial charge in [0.05, 0.1) is 26.2 Å². The fraction of sp³-hybridized carbons (Fsp3) is 0.857. The Morgan fingerprint density at radius 3 is 1.81 bits per heavy atom. The minimum absolute atomic E-state index is 0.0404. The highest BCUT2D eigenvalue weighted by Gasteiger charge is 2.34. The average Bonchev–Trinajstić information content (AvgIpc) is 2.72. The summed E-state index contributed by atoms with van der Waals surface area (Å²) in [4.78, 5) is 11.2. The quantitative estimate of drug-likeness (QED) is 0.206. The highest BCUT2D eigenvalue weighted by Crippen LogP contribution is 2.27. The van der Waals surface area contributed by atoms with Crippen molar-refractivity contribution in [2.45, 2.75) is 103 Å². The molecule has 0 unspecified atom stereocenters. The molecule has 158 valence electrons. The van der Waals surface area contributed by atoms with Gasteiger partial charge in [0.15, 0.2) is 16.6 Å². The lowest BCUT2D eigenvalue weighted by Gasteiger charge is -2.35. The maximum atomic E-state index is 11.2. The molecule has 4 nitrogen and oxygen atoms in total. The molecule has 0 aliphatic rings. The molecule has 27 heavy (non-hydrogen) atoms. The van der Waals surface area contributed by atoms with E-state index in [2.05, 4.69) is 58.1 Å². The fourth-order valence-electron chi connectivity index (χ4n) is 3.36. The number of hydrogen-bond acceptors (Lipinski definition) is 4. The van der Waals surface area contributed by atoms with Gasteiger partial charge in [0.25, 0.3) is 0 Å². The molecule has 0 amide bonds. The zero-order valence-electron chi connectivity index (χ0n) is 18.8. The van der Waals surface area contributed by atoms with Crippen LogP contribution in [0.25, 0.3) is 0 Å². The maximum Gasteiger partial charge on any atom is 0.306 e. The van der Waals surface area contributed by atoms with Gasteiger partial charge in [0, 0.05) is 12.8 Å². The lowest BCUT2D eigenvalue weighted by Crippen LogP contribution is -2.44. The van der Waals surface area contributed by atoms with E-state index >= 15 is 0 Å². The second-order valence-electron chi connectivity index (χ2n) is 7.17. The zero-order valence-corrected chi connectivity index (χ0v) is 20.8. The van der Waals surface area contributed by atoms with Crippen molar-refractivity contribution in [2.24, 2.45) is 0 Å². The van der Waals surface area contributed by atoms with Crippen LogP contribution in [0.15, 0.2) is 0 Å². The van der Waals surface area contributed by atoms with Crippen molar-refractivity contribution in [3.8, 4) is 11.8 Å². The third-order valence-corrected chi connectivity index (χ3v) is 15.3. The van der Waals surface area contributed by atoms with E-state index in [1.165, 1.54) is 7.11 Å². The first-order chi connectivity index (χ1) is 12.9. The molecule has 0 radical (unpaired) electrons. The van der Waals surface area contributed by atoms with Gasteiger partial charge in [0.1, 0.15) is 0 Å². The normalized spacial score (nSPS) is 13.0. The first-order valence-corrected chi connectivity index (χ1v) is 15.8. The van der Waals surface area contributed by atoms with Crippen LogP contribution in [0.4, 0.5) is 0 Å². The minimum Gasteiger partial charge on any atom is -0.469 e. The Morgan fingerprint density at radius 2 is 1.37 bits per heavy atom. The summed E-state index contributed by atoms with van der Waals surface area (Å²) in [5, 5.41) is 0. The van der Waals surface area contributed by atoms with Gasteiger partial charge in [-0.05, 0) is 36.3 Å². The number of carbonyl (C=O) groups excluding carboxylic acids is 1. The average molecular weight is 415 g/mol. The summed E-state index contributed by atoms with van der Waals surface area (Å²) in [6.45, 7) is 14.2. The SMILES string of the molecule is CC[Si](CC)(CC)OC[C@@H](CC#CCCC(=O)OC)O[Si](CC)(CC)CC. The summed E-state index contributed by atoms with van der Waals surface area (Å²) in [7, 11) is -1.93. The number of rotatable bonds is 14. The third-order valence-electron chi connectivity index (χ3n) is 5.99. The molecule has 0 saturated carbocycles. The van der Waals surface area contributed by atoms with E-state index in [0.717, 1.165) is 36.3 Å². The van der Waals surface area contributed by atoms with Gasteiger partial charge in [-0.25, -0.2) is 0 Å². The second kappa shape index (κ2) is 14.4. The molecule has 0 N–H and O–H groups in total. The fourth-order valence-corrected chi connectivity index (χ4v) is 8.87. The molecule has 0 aromatic carbocycles. The first-order valence-electron chi connectivity index (χ1n) is 10.7. The molecule has 0 bridgehead atoms. The summed E-state index contributed by atoms with van der Waals surface area (Å²) in [6.07, 6.45) is 1.60. The number of carbonyl (C=O) groups is 1. The number of methoxy groups -OCH3 is 1. The molecule has 0 aliphatic carbocycles. The Balaban J connectivity index is 5.04. The number of ether oxygens (including phenoxy) is 1. The third kappa shape index (κ3) is 9.42. The number of esters is 1. The van der Waals surface area contributed by atoms with Gasteiger partial charge in [-0.15, -0.1) is 11.8 Å². The second-order valence-corrected chi connectivity index (χ2v) is 16.7. The van der Waals surface area contributed by atoms with Gasteiger partial charge < -0.3 is 13.6 Å². The Bertz CT molecular complexity index is 446. The smallest absolute Gasteiger partial charge is 0.306 e. The van der Waals surface area contributed by atoms with E-state index in [9.17, 15) is 4.79 Å². The van der Waals surface area contributed by atoms with E-state index in [1.807, 2.05) is 0 Å². The Morgan fingerprint density at radius 1 is 0.852 bits per heavy atom. The summed E-state index contributed by atoms with van der Waals surface area (Å²) in [5.74, 6) is 6.12. The van der Waals surface area contributed by atoms with Gasteiger partial charge in [0.2, 0.25) is 0 Å². The lowest BCUT2D eigenvalue weighted by atomic mass is 10.2. The molecule has 0 aromatic heterocycles. The van der Waals surface area contributed by atoms with Crippen molar-refractivity contribution in [1.29, 1.82) is 0 Å². The summed E-state index contributed by atoms with van der Waals surface area (Å²) >= 11 is 0. The van der Waals surface area contributed by atoms with E-state index in [4.69, 9.17) is 8.85 Å². The monoisotopic (exact) mass is 414 g/mol. The van der Waals surface area contributed by atoms with Crippen LogP contribution in [-0.4, -0.2) is 42.4 Å². The predicted molar refractivity (Wildman–Crippen MR) is 119 cm³/mol. The van der Waals surface area contributed by atoms with Crippen LogP contribution >= 0.6 is 0 Å². The van der Waals surface area contributed by atoms with Gasteiger partial charge in [-0.3, -0.25) is 4.79 Å². The molecule has 0 fully saturated rings. The number of hydrogen-bond donors (Lipinski definition) is 0. The van der Waals surface area contributed by atoms with Crippen molar-refractivity contribution in [2.75, 3.05) is 13.7 Å². The van der Waals surface area contributed by atoms with E-state index in [0.29, 0.717) is 25.9 Å². The Labute approximate surface area is 170 Å². The molecule has 0 rings (SSSR count). The minimum atomic E-state index is -1.71. The highest BCUT2D eigenvalue weighted by molar-refractivity contribution is 6.74. The molecule has 0 saturated heterocycles. The Hall–Kier alpha value is -0.616. The van der Waals surface area contributed by atoms with Crippen LogP contribution in [-0.2, 0) is 18.4 Å². The standard InChI is InChI=1S/C21H42O4Si2/c1-8-26(9-2,10-3)24-19-20(25-27(11-4,12-5)13-6)17-15-14-16-18-21(22)23-7/h20H,8-13,16-19H2,1-7H3/t20-/m1/s1. The van der Waals surface area contributed by atoms with Crippen molar-refractivity contribution in [3.63, 3.8) is 0 Å². The van der Waals surface area contributed by atoms with Gasteiger partial charge >= 0.3 is 5.97 Å². The van der Waals surface area contributed by atoms with E-state index in [1.54, 1.807) is 0 Å². The van der Waals surface area contributed by atoms with Crippen molar-refractivity contribution in [1.82, 2.24) is 0 Å². The zero-order chi connectivity index (χ0) is 20.8. The predicted octanol–water partition coefficient (Wildman–Crippen LogP) is 5.75. The first kappa shape index (κ1) is 26.4. The van der Waals surface area contributed by atoms with Crippen molar-refractivity contribution >= 4 is 22.6 Å². The molecular formula is C21H42O4Si2. The van der Waals surface area contributed by atoms with Gasteiger partial charge in [-0.1, -0.05) is 41.5 Å². The van der Waals surface area contributed by atoms with Crippen LogP contribution in [0.5, 0.6) is 0 Å². The van der Waals surface area contributed by atoms with Crippen LogP contribution in [0.3, 0.4) is 0 Å². The van der Waals surface area contributed by atoms with Crippen LogP contribution in [0, 0.1) is 11.8 Å². The van der Waals surface area contributed by atoms with Gasteiger partial charge in [-0.2, -0.15) is 0 Å². The summed E-state index contributed by atoms with van der Waals surface area (Å²) in [5.41, 5.74) is 0. The lowest BCUT2D eigenvalue weighted by molar-refractivity contribution is -0.140. The molecule has 1 atom stereocenters. The van der Waals surface area contributed by atoms with E-state index in [-0.39, 0.29) is 12.1 Å². The van der Waals surface area contributed by atoms with Crippen LogP contribution in [0.2, 0.25) is 36.3 Å². The molecule has 0 aliphatic heterocycles. The van der Waals surface area contributed by atoms with Crippen LogP contribution in [0.1, 0.15) is 60.8 Å². The van der Waals surface area contributed by atoms with E-state index < -0.39 is 16.6 Å². The van der Waals surface area contributed by atoms with Crippen molar-refractivity contribution < 1.29 is 18.4 Å². The molecule has 6 heteroatoms.